The molecule has 0 amide bonds. The normalized spacial score (nSPS) is 11.2. The van der Waals surface area contributed by atoms with E-state index in [9.17, 15) is 0 Å². The van der Waals surface area contributed by atoms with Crippen LogP contribution in [0.15, 0.2) is 121 Å². The third kappa shape index (κ3) is 4.44. The standard InChI is InChI=1S/C38H32/c1-25-9-5-13-29(21-25)33-17-18-35(31-15-7-11-27(3)23-31)38-36(32-16-8-12-28(4)24-32)20-19-34(37(33)38)30-14-6-10-26(2)22-30/h5-24H,1-4H3. The molecular formula is C38H32. The minimum Gasteiger partial charge on any atom is -0.0614 e. The summed E-state index contributed by atoms with van der Waals surface area (Å²) in [6.45, 7) is 8.69. The first kappa shape index (κ1) is 23.9. The average molecular weight is 489 g/mol. The molecule has 0 radical (unpaired) electrons. The Morgan fingerprint density at radius 2 is 0.526 bits per heavy atom. The lowest BCUT2D eigenvalue weighted by atomic mass is 9.83. The highest BCUT2D eigenvalue weighted by molar-refractivity contribution is 6.17. The van der Waals surface area contributed by atoms with Crippen LogP contribution in [0.1, 0.15) is 22.3 Å². The summed E-state index contributed by atoms with van der Waals surface area (Å²) in [6.07, 6.45) is 0. The Hall–Kier alpha value is -4.42. The minimum absolute atomic E-state index is 1.25. The lowest BCUT2D eigenvalue weighted by Crippen LogP contribution is -1.94. The zero-order chi connectivity index (χ0) is 26.2. The van der Waals surface area contributed by atoms with Crippen LogP contribution in [0, 0.1) is 27.7 Å². The summed E-state index contributed by atoms with van der Waals surface area (Å²) in [5.74, 6) is 0. The van der Waals surface area contributed by atoms with Crippen LogP contribution >= 0.6 is 0 Å². The van der Waals surface area contributed by atoms with Crippen molar-refractivity contribution >= 4 is 10.8 Å². The van der Waals surface area contributed by atoms with Crippen molar-refractivity contribution in [3.8, 4) is 44.5 Å². The third-order valence-electron chi connectivity index (χ3n) is 7.48. The van der Waals surface area contributed by atoms with E-state index in [2.05, 4.69) is 149 Å². The summed E-state index contributed by atoms with van der Waals surface area (Å²) in [5.41, 5.74) is 15.2. The van der Waals surface area contributed by atoms with Gasteiger partial charge in [-0.05, 0) is 83.0 Å². The summed E-state index contributed by atoms with van der Waals surface area (Å²) in [5, 5.41) is 2.61. The molecule has 0 aliphatic heterocycles. The largest absolute Gasteiger partial charge is 0.0614 e. The maximum absolute atomic E-state index is 2.33. The molecule has 0 saturated carbocycles. The number of hydrogen-bond donors (Lipinski definition) is 0. The fourth-order valence-electron chi connectivity index (χ4n) is 5.71. The van der Waals surface area contributed by atoms with Crippen LogP contribution in [0.25, 0.3) is 55.3 Å². The van der Waals surface area contributed by atoms with Gasteiger partial charge < -0.3 is 0 Å². The Balaban J connectivity index is 1.81. The van der Waals surface area contributed by atoms with Gasteiger partial charge in [0, 0.05) is 0 Å². The van der Waals surface area contributed by atoms with E-state index in [0.717, 1.165) is 0 Å². The van der Waals surface area contributed by atoms with Crippen LogP contribution in [0.3, 0.4) is 0 Å². The first-order valence-electron chi connectivity index (χ1n) is 13.4. The molecule has 0 unspecified atom stereocenters. The van der Waals surface area contributed by atoms with Crippen LogP contribution in [0.2, 0.25) is 0 Å². The molecule has 0 spiro atoms. The van der Waals surface area contributed by atoms with Gasteiger partial charge in [0.2, 0.25) is 0 Å². The maximum Gasteiger partial charge on any atom is -0.00143 e. The molecule has 0 fully saturated rings. The lowest BCUT2D eigenvalue weighted by Gasteiger charge is -2.20. The molecular weight excluding hydrogens is 456 g/mol. The van der Waals surface area contributed by atoms with Gasteiger partial charge in [-0.1, -0.05) is 144 Å². The molecule has 0 saturated heterocycles. The average Bonchev–Trinajstić information content (AvgIpc) is 2.92. The minimum atomic E-state index is 1.25. The number of aryl methyl sites for hydroxylation is 4. The molecule has 6 aromatic carbocycles. The molecule has 0 nitrogen and oxygen atoms in total. The summed E-state index contributed by atoms with van der Waals surface area (Å²) < 4.78 is 0. The molecule has 0 bridgehead atoms. The zero-order valence-electron chi connectivity index (χ0n) is 22.5. The molecule has 0 heteroatoms. The molecule has 38 heavy (non-hydrogen) atoms. The van der Waals surface area contributed by atoms with E-state index < -0.39 is 0 Å². The Morgan fingerprint density at radius 3 is 0.737 bits per heavy atom. The Morgan fingerprint density at radius 1 is 0.289 bits per heavy atom. The van der Waals surface area contributed by atoms with Crippen molar-refractivity contribution in [2.24, 2.45) is 0 Å². The van der Waals surface area contributed by atoms with Crippen LogP contribution in [0.4, 0.5) is 0 Å². The number of hydrogen-bond acceptors (Lipinski definition) is 0. The van der Waals surface area contributed by atoms with Gasteiger partial charge >= 0.3 is 0 Å². The Labute approximate surface area is 226 Å². The van der Waals surface area contributed by atoms with Crippen LogP contribution < -0.4 is 0 Å². The quantitative estimate of drug-likeness (QED) is 0.231. The third-order valence-corrected chi connectivity index (χ3v) is 7.48. The molecule has 0 aliphatic carbocycles. The molecule has 184 valence electrons. The second-order valence-corrected chi connectivity index (χ2v) is 10.5. The lowest BCUT2D eigenvalue weighted by molar-refractivity contribution is 1.46. The van der Waals surface area contributed by atoms with Gasteiger partial charge in [0.1, 0.15) is 0 Å². The highest BCUT2D eigenvalue weighted by Crippen LogP contribution is 2.45. The molecule has 0 aromatic heterocycles. The molecule has 0 atom stereocenters. The van der Waals surface area contributed by atoms with E-state index in [4.69, 9.17) is 0 Å². The predicted molar refractivity (Wildman–Crippen MR) is 165 cm³/mol. The highest BCUT2D eigenvalue weighted by Gasteiger charge is 2.19. The molecule has 0 aliphatic rings. The van der Waals surface area contributed by atoms with Crippen molar-refractivity contribution in [1.82, 2.24) is 0 Å². The fourth-order valence-corrected chi connectivity index (χ4v) is 5.71. The summed E-state index contributed by atoms with van der Waals surface area (Å²) in [4.78, 5) is 0. The van der Waals surface area contributed by atoms with Crippen molar-refractivity contribution < 1.29 is 0 Å². The smallest absolute Gasteiger partial charge is 0.00143 e. The molecule has 6 rings (SSSR count). The topological polar surface area (TPSA) is 0 Å². The second kappa shape index (κ2) is 9.80. The molecule has 0 heterocycles. The van der Waals surface area contributed by atoms with Crippen LogP contribution in [-0.2, 0) is 0 Å². The Bertz CT molecular complexity index is 1540. The van der Waals surface area contributed by atoms with Crippen molar-refractivity contribution in [2.45, 2.75) is 27.7 Å². The fraction of sp³-hybridized carbons (Fsp3) is 0.105. The van der Waals surface area contributed by atoms with Gasteiger partial charge in [0.25, 0.3) is 0 Å². The zero-order valence-corrected chi connectivity index (χ0v) is 22.5. The van der Waals surface area contributed by atoms with Crippen molar-refractivity contribution in [2.75, 3.05) is 0 Å². The maximum atomic E-state index is 2.33. The van der Waals surface area contributed by atoms with E-state index in [1.165, 1.54) is 77.5 Å². The van der Waals surface area contributed by atoms with Gasteiger partial charge in [-0.15, -0.1) is 0 Å². The first-order chi connectivity index (χ1) is 18.5. The summed E-state index contributed by atoms with van der Waals surface area (Å²) >= 11 is 0. The van der Waals surface area contributed by atoms with E-state index in [0.29, 0.717) is 0 Å². The van der Waals surface area contributed by atoms with E-state index in [1.807, 2.05) is 0 Å². The highest BCUT2D eigenvalue weighted by atomic mass is 14.2. The second-order valence-electron chi connectivity index (χ2n) is 10.5. The summed E-state index contributed by atoms with van der Waals surface area (Å²) in [7, 11) is 0. The molecule has 0 N–H and O–H groups in total. The predicted octanol–water partition coefficient (Wildman–Crippen LogP) is 10.7. The summed E-state index contributed by atoms with van der Waals surface area (Å²) in [6, 6.07) is 44.9. The van der Waals surface area contributed by atoms with Gasteiger partial charge in [-0.25, -0.2) is 0 Å². The van der Waals surface area contributed by atoms with Crippen LogP contribution in [0.5, 0.6) is 0 Å². The van der Waals surface area contributed by atoms with Gasteiger partial charge in [0.05, 0.1) is 0 Å². The van der Waals surface area contributed by atoms with Gasteiger partial charge in [-0.2, -0.15) is 0 Å². The van der Waals surface area contributed by atoms with Gasteiger partial charge in [0.15, 0.2) is 0 Å². The van der Waals surface area contributed by atoms with Crippen molar-refractivity contribution in [1.29, 1.82) is 0 Å². The van der Waals surface area contributed by atoms with Crippen molar-refractivity contribution in [3.63, 3.8) is 0 Å². The Kier molecular flexibility index (Phi) is 6.18. The molecule has 6 aromatic rings. The van der Waals surface area contributed by atoms with Crippen LogP contribution in [-0.4, -0.2) is 0 Å². The van der Waals surface area contributed by atoms with E-state index in [1.54, 1.807) is 0 Å². The number of fused-ring (bicyclic) bond motifs is 1. The van der Waals surface area contributed by atoms with E-state index in [-0.39, 0.29) is 0 Å². The van der Waals surface area contributed by atoms with Gasteiger partial charge in [-0.3, -0.25) is 0 Å². The van der Waals surface area contributed by atoms with Crippen molar-refractivity contribution in [3.05, 3.63) is 144 Å². The monoisotopic (exact) mass is 488 g/mol. The number of rotatable bonds is 4. The SMILES string of the molecule is Cc1cccc(-c2ccc(-c3cccc(C)c3)c3c(-c4cccc(C)c4)ccc(-c4cccc(C)c4)c23)c1. The first-order valence-corrected chi connectivity index (χ1v) is 13.4. The number of benzene rings is 6. The van der Waals surface area contributed by atoms with E-state index >= 15 is 0 Å².